The van der Waals surface area contributed by atoms with Gasteiger partial charge in [-0.1, -0.05) is 76.7 Å². The normalized spacial score (nSPS) is 16.5. The first-order chi connectivity index (χ1) is 14.9. The Morgan fingerprint density at radius 2 is 1.59 bits per heavy atom. The summed E-state index contributed by atoms with van der Waals surface area (Å²) in [6.45, 7) is 14.9. The Kier molecular flexibility index (Phi) is 6.22. The van der Waals surface area contributed by atoms with E-state index in [0.29, 0.717) is 17.9 Å². The molecule has 3 rings (SSSR count). The topological polar surface area (TPSA) is 87.6 Å². The van der Waals surface area contributed by atoms with Gasteiger partial charge in [0.05, 0.1) is 11.4 Å². The summed E-state index contributed by atoms with van der Waals surface area (Å²) < 4.78 is 0. The number of rotatable bonds is 6. The van der Waals surface area contributed by atoms with Crippen molar-refractivity contribution in [1.29, 1.82) is 0 Å². The van der Waals surface area contributed by atoms with Gasteiger partial charge in [-0.3, -0.25) is 4.79 Å². The van der Waals surface area contributed by atoms with Crippen molar-refractivity contribution >= 4 is 22.9 Å². The first-order valence-corrected chi connectivity index (χ1v) is 10.8. The van der Waals surface area contributed by atoms with Crippen LogP contribution in [0.2, 0.25) is 0 Å². The first kappa shape index (κ1) is 23.6. The van der Waals surface area contributed by atoms with Crippen LogP contribution >= 0.6 is 0 Å². The van der Waals surface area contributed by atoms with Gasteiger partial charge in [0.25, 0.3) is 0 Å². The lowest BCUT2D eigenvalue weighted by Crippen LogP contribution is -2.45. The maximum absolute atomic E-state index is 12.6. The number of carbonyl (C=O) groups excluding carboxylic acids is 1. The molecule has 2 aromatic carbocycles. The lowest BCUT2D eigenvalue weighted by atomic mass is 9.63. The van der Waals surface area contributed by atoms with Crippen LogP contribution in [0.4, 0.5) is 5.69 Å². The van der Waals surface area contributed by atoms with Gasteiger partial charge in [-0.15, -0.1) is 0 Å². The fraction of sp³-hybridized carbons (Fsp3) is 0.346. The van der Waals surface area contributed by atoms with Crippen LogP contribution in [0.3, 0.4) is 0 Å². The van der Waals surface area contributed by atoms with E-state index in [1.54, 1.807) is 14.0 Å². The largest absolute Gasteiger partial charge is 0.396 e. The van der Waals surface area contributed by atoms with Gasteiger partial charge < -0.3 is 10.6 Å². The summed E-state index contributed by atoms with van der Waals surface area (Å²) in [6, 6.07) is 16.1. The molecule has 1 aliphatic heterocycles. The molecule has 5 N–H and O–H groups in total. The zero-order chi connectivity index (χ0) is 23.8. The maximum atomic E-state index is 12.6. The summed E-state index contributed by atoms with van der Waals surface area (Å²) in [5.41, 5.74) is 14.5. The van der Waals surface area contributed by atoms with Crippen LogP contribution in [0.25, 0.3) is 11.4 Å². The molecule has 0 saturated heterocycles. The molecule has 0 saturated carbocycles. The van der Waals surface area contributed by atoms with Gasteiger partial charge in [-0.25, -0.2) is 16.4 Å². The number of para-hydroxylation sites is 1. The minimum Gasteiger partial charge on any atom is -0.396 e. The number of anilines is 1. The van der Waals surface area contributed by atoms with E-state index in [0.717, 1.165) is 28.1 Å². The van der Waals surface area contributed by atoms with Gasteiger partial charge in [-0.05, 0) is 18.6 Å². The lowest BCUT2D eigenvalue weighted by Gasteiger charge is -2.46. The van der Waals surface area contributed by atoms with Crippen LogP contribution in [-0.4, -0.2) is 17.9 Å². The highest BCUT2D eigenvalue weighted by molar-refractivity contribution is 5.94. The van der Waals surface area contributed by atoms with Gasteiger partial charge in [0.15, 0.2) is 0 Å². The summed E-state index contributed by atoms with van der Waals surface area (Å²) in [6.07, 6.45) is 0. The molecule has 0 bridgehead atoms. The summed E-state index contributed by atoms with van der Waals surface area (Å²) >= 11 is 0. The molecule has 170 valence electrons. The standard InChI is InChI=1S/C26H35N5O/c1-17(25(3,4)26(5,6)18(2)32)30-16-19-12-8-9-13-20(19)23(27)24(31(28)29-7)21-14-10-11-15-22(21)30/h8-15,29H,1,16,27-28H2,2-7H3/b24-23-. The molecule has 1 aliphatic rings. The number of nitrogens with two attached hydrogens (primary N) is 2. The van der Waals surface area contributed by atoms with Crippen LogP contribution in [0, 0.1) is 10.8 Å². The minimum atomic E-state index is -0.608. The van der Waals surface area contributed by atoms with E-state index in [1.165, 1.54) is 5.12 Å². The number of fused-ring (bicyclic) bond motifs is 2. The van der Waals surface area contributed by atoms with Crippen molar-refractivity contribution in [3.05, 3.63) is 77.5 Å². The van der Waals surface area contributed by atoms with E-state index < -0.39 is 10.8 Å². The Hall–Kier alpha value is -3.09. The van der Waals surface area contributed by atoms with Crippen molar-refractivity contribution in [1.82, 2.24) is 10.5 Å². The predicted molar refractivity (Wildman–Crippen MR) is 133 cm³/mol. The summed E-state index contributed by atoms with van der Waals surface area (Å²) in [4.78, 5) is 14.8. The number of benzene rings is 2. The molecule has 0 radical (unpaired) electrons. The minimum absolute atomic E-state index is 0.123. The zero-order valence-corrected chi connectivity index (χ0v) is 20.0. The van der Waals surface area contributed by atoms with E-state index in [9.17, 15) is 4.79 Å². The molecule has 0 amide bonds. The second-order valence-electron chi connectivity index (χ2n) is 9.37. The molecule has 0 fully saturated rings. The number of nitrogens with zero attached hydrogens (tertiary/aromatic N) is 2. The van der Waals surface area contributed by atoms with Gasteiger partial charge in [0.1, 0.15) is 11.5 Å². The van der Waals surface area contributed by atoms with E-state index >= 15 is 0 Å². The third-order valence-corrected chi connectivity index (χ3v) is 7.31. The van der Waals surface area contributed by atoms with Gasteiger partial charge in [0, 0.05) is 41.2 Å². The number of nitrogens with one attached hydrogen (secondary N) is 1. The summed E-state index contributed by atoms with van der Waals surface area (Å²) in [7, 11) is 1.75. The fourth-order valence-electron chi connectivity index (χ4n) is 4.11. The molecule has 0 aliphatic carbocycles. The van der Waals surface area contributed by atoms with Crippen molar-refractivity contribution in [2.24, 2.45) is 22.4 Å². The Labute approximate surface area is 191 Å². The summed E-state index contributed by atoms with van der Waals surface area (Å²) in [5.74, 6) is 6.47. The Balaban J connectivity index is 2.32. The van der Waals surface area contributed by atoms with Crippen LogP contribution in [0.15, 0.2) is 60.8 Å². The van der Waals surface area contributed by atoms with Crippen molar-refractivity contribution in [3.63, 3.8) is 0 Å². The van der Waals surface area contributed by atoms with E-state index in [4.69, 9.17) is 11.6 Å². The van der Waals surface area contributed by atoms with Gasteiger partial charge in [-0.2, -0.15) is 0 Å². The van der Waals surface area contributed by atoms with Crippen LogP contribution in [0.5, 0.6) is 0 Å². The second-order valence-corrected chi connectivity index (χ2v) is 9.37. The molecule has 6 heteroatoms. The number of hydrogen-bond acceptors (Lipinski definition) is 6. The lowest BCUT2D eigenvalue weighted by molar-refractivity contribution is -0.129. The van der Waals surface area contributed by atoms with Crippen LogP contribution in [0.1, 0.15) is 51.3 Å². The molecule has 2 aromatic rings. The Bertz CT molecular complexity index is 1080. The highest BCUT2D eigenvalue weighted by Gasteiger charge is 2.45. The SMILES string of the molecule is C=C(N1Cc2ccccc2/C(N)=C(/N(N)NC)c2ccccc21)C(C)(C)C(C)(C)C(C)=O. The average Bonchev–Trinajstić information content (AvgIpc) is 2.76. The number of carbonyl (C=O) groups is 1. The first-order valence-electron chi connectivity index (χ1n) is 10.8. The van der Waals surface area contributed by atoms with Crippen molar-refractivity contribution in [3.8, 4) is 0 Å². The molecule has 6 nitrogen and oxygen atoms in total. The van der Waals surface area contributed by atoms with Gasteiger partial charge in [0.2, 0.25) is 0 Å². The fourth-order valence-corrected chi connectivity index (χ4v) is 4.11. The average molecular weight is 434 g/mol. The van der Waals surface area contributed by atoms with E-state index in [2.05, 4.69) is 36.8 Å². The second kappa shape index (κ2) is 8.45. The Morgan fingerprint density at radius 3 is 2.19 bits per heavy atom. The number of hydrogen-bond donors (Lipinski definition) is 3. The van der Waals surface area contributed by atoms with Crippen molar-refractivity contribution in [2.45, 2.75) is 41.2 Å². The van der Waals surface area contributed by atoms with Crippen molar-refractivity contribution < 1.29 is 4.79 Å². The number of allylic oxidation sites excluding steroid dienone is 1. The van der Waals surface area contributed by atoms with E-state index in [1.807, 2.05) is 56.3 Å². The Morgan fingerprint density at radius 1 is 1.03 bits per heavy atom. The van der Waals surface area contributed by atoms with Gasteiger partial charge >= 0.3 is 0 Å². The monoisotopic (exact) mass is 433 g/mol. The predicted octanol–water partition coefficient (Wildman–Crippen LogP) is 4.26. The molecule has 0 atom stereocenters. The van der Waals surface area contributed by atoms with Crippen LogP contribution in [-0.2, 0) is 11.3 Å². The third-order valence-electron chi connectivity index (χ3n) is 7.31. The molecule has 32 heavy (non-hydrogen) atoms. The molecule has 0 unspecified atom stereocenters. The molecule has 0 aromatic heterocycles. The smallest absolute Gasteiger partial charge is 0.136 e. The molecule has 0 spiro atoms. The van der Waals surface area contributed by atoms with Crippen LogP contribution < -0.4 is 21.9 Å². The quantitative estimate of drug-likeness (QED) is 0.466. The highest BCUT2D eigenvalue weighted by Crippen LogP contribution is 2.48. The summed E-state index contributed by atoms with van der Waals surface area (Å²) in [5, 5.41) is 1.45. The number of Topliss-reactive ketones (excluding diaryl/α,β-unsaturated/α-hetero) is 1. The third kappa shape index (κ3) is 3.70. The molecular formula is C26H35N5O. The molecular weight excluding hydrogens is 398 g/mol. The zero-order valence-electron chi connectivity index (χ0n) is 20.0. The maximum Gasteiger partial charge on any atom is 0.136 e. The highest BCUT2D eigenvalue weighted by atomic mass is 16.1. The number of ketones is 1. The molecule has 1 heterocycles. The van der Waals surface area contributed by atoms with E-state index in [-0.39, 0.29) is 5.78 Å². The van der Waals surface area contributed by atoms with Crippen molar-refractivity contribution in [2.75, 3.05) is 11.9 Å². The number of hydrazine groups is 2.